The molecule has 2 unspecified atom stereocenters. The molecular weight excluding hydrogens is 303 g/mol. The van der Waals surface area contributed by atoms with Crippen LogP contribution >= 0.6 is 8.03 Å². The average Bonchev–Trinajstić information content (AvgIpc) is 2.23. The smallest absolute Gasteiger partial charge is 0.408 e. The summed E-state index contributed by atoms with van der Waals surface area (Å²) in [7, 11) is -2.96. The zero-order valence-corrected chi connectivity index (χ0v) is 12.9. The fraction of sp³-hybridized carbons (Fsp3) is 0.462. The normalized spacial score (nSPS) is 14.4. The third kappa shape index (κ3) is 6.69. The first kappa shape index (κ1) is 17.6. The molecular formula is C13H18F2NO4P. The van der Waals surface area contributed by atoms with E-state index >= 15 is 0 Å². The van der Waals surface area contributed by atoms with Gasteiger partial charge in [0.25, 0.3) is 0 Å². The zero-order chi connectivity index (χ0) is 16.2. The van der Waals surface area contributed by atoms with E-state index in [1.807, 2.05) is 0 Å². The Labute approximate surface area is 122 Å². The number of ether oxygens (including phenoxy) is 1. The number of hydrogen-bond acceptors (Lipinski definition) is 3. The highest BCUT2D eigenvalue weighted by Gasteiger charge is 2.22. The fourth-order valence-corrected chi connectivity index (χ4v) is 2.34. The van der Waals surface area contributed by atoms with E-state index in [-0.39, 0.29) is 11.7 Å². The van der Waals surface area contributed by atoms with Crippen LogP contribution in [0.2, 0.25) is 0 Å². The number of carbonyl (C=O) groups excluding carboxylic acids is 1. The maximum atomic E-state index is 13.2. The summed E-state index contributed by atoms with van der Waals surface area (Å²) in [5, 5.41) is 2.35. The summed E-state index contributed by atoms with van der Waals surface area (Å²) in [6.45, 7) is 4.95. The minimum atomic E-state index is -2.96. The van der Waals surface area contributed by atoms with Gasteiger partial charge in [0.2, 0.25) is 0 Å². The number of benzene rings is 1. The topological polar surface area (TPSA) is 75.6 Å². The predicted octanol–water partition coefficient (Wildman–Crippen LogP) is 3.00. The Morgan fingerprint density at radius 3 is 2.29 bits per heavy atom. The minimum absolute atomic E-state index is 0.0609. The van der Waals surface area contributed by atoms with Crippen LogP contribution in [-0.4, -0.2) is 22.7 Å². The predicted molar refractivity (Wildman–Crippen MR) is 74.6 cm³/mol. The highest BCUT2D eigenvalue weighted by molar-refractivity contribution is 7.38. The van der Waals surface area contributed by atoms with Crippen molar-refractivity contribution >= 4 is 14.1 Å². The molecule has 2 atom stereocenters. The minimum Gasteiger partial charge on any atom is -0.444 e. The van der Waals surface area contributed by atoms with Crippen LogP contribution in [0.25, 0.3) is 0 Å². The Balaban J connectivity index is 2.95. The second-order valence-corrected chi connectivity index (χ2v) is 6.70. The molecule has 0 aromatic heterocycles. The summed E-state index contributed by atoms with van der Waals surface area (Å²) in [6.07, 6.45) is -1.17. The molecule has 0 fully saturated rings. The molecule has 8 heteroatoms. The van der Waals surface area contributed by atoms with Crippen LogP contribution in [-0.2, 0) is 9.30 Å². The molecule has 1 amide bonds. The number of carbonyl (C=O) groups is 1. The van der Waals surface area contributed by atoms with Crippen molar-refractivity contribution in [1.29, 1.82) is 0 Å². The molecule has 118 valence electrons. The van der Waals surface area contributed by atoms with Gasteiger partial charge in [-0.25, -0.2) is 13.6 Å². The molecule has 0 heterocycles. The van der Waals surface area contributed by atoms with Crippen LogP contribution in [0, 0.1) is 11.6 Å². The fourth-order valence-electron chi connectivity index (χ4n) is 1.65. The monoisotopic (exact) mass is 321 g/mol. The van der Waals surface area contributed by atoms with E-state index in [0.29, 0.717) is 6.07 Å². The van der Waals surface area contributed by atoms with Crippen molar-refractivity contribution < 1.29 is 27.8 Å². The van der Waals surface area contributed by atoms with Crippen molar-refractivity contribution in [3.8, 4) is 0 Å². The molecule has 0 aliphatic rings. The van der Waals surface area contributed by atoms with Crippen molar-refractivity contribution in [1.82, 2.24) is 5.32 Å². The largest absolute Gasteiger partial charge is 0.444 e. The molecule has 0 radical (unpaired) electrons. The summed E-state index contributed by atoms with van der Waals surface area (Å²) in [5.41, 5.74) is -0.697. The summed E-state index contributed by atoms with van der Waals surface area (Å²) in [4.78, 5) is 20.7. The van der Waals surface area contributed by atoms with Gasteiger partial charge >= 0.3 is 6.09 Å². The van der Waals surface area contributed by atoms with Crippen LogP contribution in [0.5, 0.6) is 0 Å². The Morgan fingerprint density at radius 1 is 1.33 bits per heavy atom. The Bertz CT molecular complexity index is 525. The third-order valence-electron chi connectivity index (χ3n) is 2.36. The summed E-state index contributed by atoms with van der Waals surface area (Å²) >= 11 is 0. The van der Waals surface area contributed by atoms with E-state index < -0.39 is 37.4 Å². The van der Waals surface area contributed by atoms with Gasteiger partial charge in [0.1, 0.15) is 17.2 Å². The molecule has 0 saturated carbocycles. The summed E-state index contributed by atoms with van der Waals surface area (Å²) in [6, 6.07) is 1.66. The molecule has 1 rings (SSSR count). The molecule has 0 spiro atoms. The van der Waals surface area contributed by atoms with E-state index in [9.17, 15) is 18.1 Å². The van der Waals surface area contributed by atoms with Gasteiger partial charge < -0.3 is 14.9 Å². The molecule has 0 aliphatic carbocycles. The van der Waals surface area contributed by atoms with Gasteiger partial charge in [0.15, 0.2) is 8.03 Å². The highest BCUT2D eigenvalue weighted by atomic mass is 31.1. The van der Waals surface area contributed by atoms with Crippen LogP contribution < -0.4 is 5.32 Å². The number of halogens is 2. The molecule has 0 saturated heterocycles. The first-order valence-electron chi connectivity index (χ1n) is 6.24. The lowest BCUT2D eigenvalue weighted by Crippen LogP contribution is -2.36. The summed E-state index contributed by atoms with van der Waals surface area (Å²) < 4.78 is 42.5. The Hall–Kier alpha value is -1.46. The molecule has 1 aromatic rings. The number of amides is 1. The van der Waals surface area contributed by atoms with Crippen molar-refractivity contribution in [3.05, 3.63) is 35.4 Å². The van der Waals surface area contributed by atoms with Crippen molar-refractivity contribution in [3.63, 3.8) is 0 Å². The van der Waals surface area contributed by atoms with E-state index in [1.165, 1.54) is 0 Å². The van der Waals surface area contributed by atoms with Gasteiger partial charge in [0.05, 0.1) is 6.04 Å². The first-order chi connectivity index (χ1) is 9.56. The number of hydrogen-bond donors (Lipinski definition) is 2. The number of nitrogens with one attached hydrogen (secondary N) is 1. The quantitative estimate of drug-likeness (QED) is 0.836. The third-order valence-corrected chi connectivity index (χ3v) is 3.11. The second kappa shape index (κ2) is 7.00. The molecule has 0 bridgehead atoms. The lowest BCUT2D eigenvalue weighted by Gasteiger charge is -2.23. The van der Waals surface area contributed by atoms with Crippen LogP contribution in [0.4, 0.5) is 13.6 Å². The van der Waals surface area contributed by atoms with Crippen LogP contribution in [0.1, 0.15) is 32.4 Å². The van der Waals surface area contributed by atoms with Gasteiger partial charge in [-0.05, 0) is 38.5 Å². The highest BCUT2D eigenvalue weighted by Crippen LogP contribution is 2.26. The van der Waals surface area contributed by atoms with Gasteiger partial charge in [-0.3, -0.25) is 4.57 Å². The molecule has 1 aromatic carbocycles. The molecule has 2 N–H and O–H groups in total. The summed E-state index contributed by atoms with van der Waals surface area (Å²) in [5.74, 6) is -1.67. The van der Waals surface area contributed by atoms with E-state index in [4.69, 9.17) is 9.63 Å². The van der Waals surface area contributed by atoms with Gasteiger partial charge in [0, 0.05) is 12.2 Å². The van der Waals surface area contributed by atoms with Gasteiger partial charge in [-0.15, -0.1) is 0 Å². The van der Waals surface area contributed by atoms with Crippen molar-refractivity contribution in [2.45, 2.75) is 32.4 Å². The van der Waals surface area contributed by atoms with Crippen LogP contribution in [0.15, 0.2) is 18.2 Å². The maximum Gasteiger partial charge on any atom is 0.408 e. The van der Waals surface area contributed by atoms with E-state index in [0.717, 1.165) is 12.1 Å². The zero-order valence-electron chi connectivity index (χ0n) is 11.9. The number of rotatable bonds is 4. The van der Waals surface area contributed by atoms with Crippen LogP contribution in [0.3, 0.4) is 0 Å². The average molecular weight is 321 g/mol. The first-order valence-corrected chi connectivity index (χ1v) is 7.80. The van der Waals surface area contributed by atoms with Crippen molar-refractivity contribution in [2.24, 2.45) is 0 Å². The maximum absolute atomic E-state index is 13.2. The Morgan fingerprint density at radius 2 is 1.86 bits per heavy atom. The standard InChI is InChI=1S/C13H18F2NO4P/c1-13(2,3)20-12(17)16-11(7-21(18)19)8-4-9(14)6-10(15)5-8/h4-6,11,21H,7H2,1-3H3,(H,16,17)(H,18,19). The number of alkyl carbamates (subject to hydrolysis) is 1. The van der Waals surface area contributed by atoms with Crippen molar-refractivity contribution in [2.75, 3.05) is 6.16 Å². The second-order valence-electron chi connectivity index (χ2n) is 5.50. The van der Waals surface area contributed by atoms with Gasteiger partial charge in [-0.2, -0.15) is 0 Å². The van der Waals surface area contributed by atoms with E-state index in [2.05, 4.69) is 5.32 Å². The Kier molecular flexibility index (Phi) is 5.87. The molecule has 5 nitrogen and oxygen atoms in total. The molecule has 21 heavy (non-hydrogen) atoms. The van der Waals surface area contributed by atoms with E-state index in [1.54, 1.807) is 20.8 Å². The SMILES string of the molecule is CC(C)(C)OC(=O)NC(C[PH](=O)O)c1cc(F)cc(F)c1. The van der Waals surface area contributed by atoms with Gasteiger partial charge in [-0.1, -0.05) is 0 Å². The lowest BCUT2D eigenvalue weighted by molar-refractivity contribution is 0.0508. The molecule has 0 aliphatic heterocycles. The lowest BCUT2D eigenvalue weighted by atomic mass is 10.1.